The number of hydrogen-bond acceptors (Lipinski definition) is 6. The highest BCUT2D eigenvalue weighted by atomic mass is 32.1. The van der Waals surface area contributed by atoms with Gasteiger partial charge in [0, 0.05) is 28.6 Å². The van der Waals surface area contributed by atoms with Crippen LogP contribution < -0.4 is 14.8 Å². The standard InChI is InChI=1S/C23H22N4O3S/c1-14-5-9-18(15(2)11-14)19-13-31-23-25-22(26-27(19)23)24-21(28)10-7-16-6-8-17(29-3)12-20(16)30-4/h5-13H,1-4H3,(H,24,26,28)/b10-7+. The number of fused-ring (bicyclic) bond motifs is 1. The van der Waals surface area contributed by atoms with Crippen molar-refractivity contribution in [2.45, 2.75) is 13.8 Å². The maximum absolute atomic E-state index is 12.4. The van der Waals surface area contributed by atoms with Gasteiger partial charge in [0.1, 0.15) is 11.5 Å². The van der Waals surface area contributed by atoms with E-state index in [1.807, 2.05) is 11.4 Å². The van der Waals surface area contributed by atoms with Gasteiger partial charge in [-0.05, 0) is 37.6 Å². The van der Waals surface area contributed by atoms with Crippen LogP contribution in [0.5, 0.6) is 11.5 Å². The summed E-state index contributed by atoms with van der Waals surface area (Å²) in [6.07, 6.45) is 3.09. The van der Waals surface area contributed by atoms with Gasteiger partial charge in [0.25, 0.3) is 11.9 Å². The molecule has 0 aliphatic heterocycles. The van der Waals surface area contributed by atoms with Crippen LogP contribution in [0.25, 0.3) is 22.3 Å². The van der Waals surface area contributed by atoms with Crippen molar-refractivity contribution in [1.29, 1.82) is 0 Å². The van der Waals surface area contributed by atoms with Crippen LogP contribution >= 0.6 is 11.3 Å². The SMILES string of the molecule is COc1ccc(/C=C/C(=O)Nc2nc3scc(-c4ccc(C)cc4C)n3n2)c(OC)c1. The molecule has 0 aliphatic carbocycles. The first-order chi connectivity index (χ1) is 15.0. The average Bonchev–Trinajstić information content (AvgIpc) is 3.32. The molecule has 0 saturated carbocycles. The van der Waals surface area contributed by atoms with Crippen LogP contribution in [-0.4, -0.2) is 34.7 Å². The van der Waals surface area contributed by atoms with Gasteiger partial charge in [0.15, 0.2) is 0 Å². The molecule has 4 rings (SSSR count). The number of thiazole rings is 1. The molecule has 31 heavy (non-hydrogen) atoms. The van der Waals surface area contributed by atoms with E-state index in [4.69, 9.17) is 9.47 Å². The molecule has 8 heteroatoms. The molecule has 2 aromatic carbocycles. The van der Waals surface area contributed by atoms with Crippen molar-refractivity contribution >= 4 is 34.2 Å². The van der Waals surface area contributed by atoms with Crippen LogP contribution in [0.1, 0.15) is 16.7 Å². The van der Waals surface area contributed by atoms with Crippen molar-refractivity contribution in [3.8, 4) is 22.8 Å². The molecular weight excluding hydrogens is 412 g/mol. The van der Waals surface area contributed by atoms with E-state index in [2.05, 4.69) is 47.4 Å². The number of carbonyl (C=O) groups excluding carboxylic acids is 1. The summed E-state index contributed by atoms with van der Waals surface area (Å²) in [6, 6.07) is 11.7. The first kappa shape index (κ1) is 20.6. The third kappa shape index (κ3) is 4.29. The molecule has 1 amide bonds. The van der Waals surface area contributed by atoms with E-state index in [1.165, 1.54) is 23.0 Å². The largest absolute Gasteiger partial charge is 0.497 e. The van der Waals surface area contributed by atoms with E-state index in [-0.39, 0.29) is 11.9 Å². The number of nitrogens with one attached hydrogen (secondary N) is 1. The van der Waals surface area contributed by atoms with E-state index in [0.717, 1.165) is 22.4 Å². The summed E-state index contributed by atoms with van der Waals surface area (Å²) in [5.41, 5.74) is 5.17. The lowest BCUT2D eigenvalue weighted by Crippen LogP contribution is -2.09. The minimum atomic E-state index is -0.329. The van der Waals surface area contributed by atoms with Gasteiger partial charge < -0.3 is 9.47 Å². The minimum absolute atomic E-state index is 0.259. The highest BCUT2D eigenvalue weighted by molar-refractivity contribution is 7.15. The molecule has 1 N–H and O–H groups in total. The summed E-state index contributed by atoms with van der Waals surface area (Å²) in [7, 11) is 3.16. The first-order valence-corrected chi connectivity index (χ1v) is 10.5. The topological polar surface area (TPSA) is 77.8 Å². The van der Waals surface area contributed by atoms with E-state index in [9.17, 15) is 4.79 Å². The van der Waals surface area contributed by atoms with Gasteiger partial charge >= 0.3 is 0 Å². The van der Waals surface area contributed by atoms with Crippen molar-refractivity contribution < 1.29 is 14.3 Å². The Bertz CT molecular complexity index is 1290. The van der Waals surface area contributed by atoms with Gasteiger partial charge in [-0.2, -0.15) is 4.98 Å². The van der Waals surface area contributed by atoms with Crippen molar-refractivity contribution in [3.63, 3.8) is 0 Å². The van der Waals surface area contributed by atoms with Crippen LogP contribution in [0.2, 0.25) is 0 Å². The Balaban J connectivity index is 1.53. The van der Waals surface area contributed by atoms with Crippen molar-refractivity contribution in [2.75, 3.05) is 19.5 Å². The van der Waals surface area contributed by atoms with Crippen molar-refractivity contribution in [2.24, 2.45) is 0 Å². The monoisotopic (exact) mass is 434 g/mol. The van der Waals surface area contributed by atoms with E-state index >= 15 is 0 Å². The van der Waals surface area contributed by atoms with Crippen LogP contribution in [0.4, 0.5) is 5.95 Å². The predicted molar refractivity (Wildman–Crippen MR) is 123 cm³/mol. The lowest BCUT2D eigenvalue weighted by molar-refractivity contribution is -0.111. The number of carbonyl (C=O) groups is 1. The van der Waals surface area contributed by atoms with Crippen LogP contribution in [-0.2, 0) is 4.79 Å². The highest BCUT2D eigenvalue weighted by Gasteiger charge is 2.14. The van der Waals surface area contributed by atoms with Gasteiger partial charge in [0.05, 0.1) is 19.9 Å². The molecule has 0 fully saturated rings. The van der Waals surface area contributed by atoms with Gasteiger partial charge in [-0.3, -0.25) is 10.1 Å². The number of anilines is 1. The number of aryl methyl sites for hydroxylation is 2. The predicted octanol–water partition coefficient (Wildman–Crippen LogP) is 4.74. The summed E-state index contributed by atoms with van der Waals surface area (Å²) < 4.78 is 12.3. The number of rotatable bonds is 6. The second-order valence-corrected chi connectivity index (χ2v) is 7.84. The zero-order valence-electron chi connectivity index (χ0n) is 17.7. The molecule has 0 unspecified atom stereocenters. The number of hydrogen-bond donors (Lipinski definition) is 1. The average molecular weight is 435 g/mol. The molecule has 7 nitrogen and oxygen atoms in total. The fourth-order valence-electron chi connectivity index (χ4n) is 3.29. The molecule has 0 spiro atoms. The number of aromatic nitrogens is 3. The Kier molecular flexibility index (Phi) is 5.73. The number of nitrogens with zero attached hydrogens (tertiary/aromatic N) is 3. The fourth-order valence-corrected chi connectivity index (χ4v) is 4.12. The number of methoxy groups -OCH3 is 2. The molecule has 4 aromatic rings. The number of ether oxygens (including phenoxy) is 2. The maximum Gasteiger partial charge on any atom is 0.250 e. The zero-order chi connectivity index (χ0) is 22.0. The lowest BCUT2D eigenvalue weighted by atomic mass is 10.0. The van der Waals surface area contributed by atoms with E-state index < -0.39 is 0 Å². The molecule has 0 atom stereocenters. The Morgan fingerprint density at radius 1 is 1.13 bits per heavy atom. The van der Waals surface area contributed by atoms with E-state index in [1.54, 1.807) is 36.9 Å². The molecule has 2 heterocycles. The van der Waals surface area contributed by atoms with Crippen LogP contribution in [0.15, 0.2) is 47.9 Å². The third-order valence-corrected chi connectivity index (χ3v) is 5.65. The molecule has 0 aliphatic rings. The number of amides is 1. The normalized spacial score (nSPS) is 11.2. The summed E-state index contributed by atoms with van der Waals surface area (Å²) in [5, 5.41) is 9.22. The van der Waals surface area contributed by atoms with Crippen molar-refractivity contribution in [1.82, 2.24) is 14.6 Å². The molecule has 2 aromatic heterocycles. The third-order valence-electron chi connectivity index (χ3n) is 4.83. The Morgan fingerprint density at radius 3 is 2.71 bits per heavy atom. The van der Waals surface area contributed by atoms with Crippen LogP contribution in [0.3, 0.4) is 0 Å². The Hall–Kier alpha value is -3.65. The maximum atomic E-state index is 12.4. The second-order valence-electron chi connectivity index (χ2n) is 7.00. The van der Waals surface area contributed by atoms with Gasteiger partial charge in [0.2, 0.25) is 4.96 Å². The lowest BCUT2D eigenvalue weighted by Gasteiger charge is -2.07. The van der Waals surface area contributed by atoms with Gasteiger partial charge in [-0.1, -0.05) is 23.8 Å². The summed E-state index contributed by atoms with van der Waals surface area (Å²) in [5.74, 6) is 1.22. The summed E-state index contributed by atoms with van der Waals surface area (Å²) in [6.45, 7) is 4.14. The molecule has 0 saturated heterocycles. The number of benzene rings is 2. The Labute approximate surface area is 184 Å². The second kappa shape index (κ2) is 8.61. The summed E-state index contributed by atoms with van der Waals surface area (Å²) >= 11 is 1.48. The highest BCUT2D eigenvalue weighted by Crippen LogP contribution is 2.29. The molecule has 0 bridgehead atoms. The molecule has 158 valence electrons. The smallest absolute Gasteiger partial charge is 0.250 e. The first-order valence-electron chi connectivity index (χ1n) is 9.61. The molecular formula is C23H22N4O3S. The van der Waals surface area contributed by atoms with E-state index in [0.29, 0.717) is 16.5 Å². The quantitative estimate of drug-likeness (QED) is 0.444. The molecule has 0 radical (unpaired) electrons. The van der Waals surface area contributed by atoms with Gasteiger partial charge in [-0.15, -0.1) is 16.4 Å². The van der Waals surface area contributed by atoms with Crippen molar-refractivity contribution in [3.05, 3.63) is 64.5 Å². The van der Waals surface area contributed by atoms with Crippen LogP contribution in [0, 0.1) is 13.8 Å². The zero-order valence-corrected chi connectivity index (χ0v) is 18.5. The fraction of sp³-hybridized carbons (Fsp3) is 0.174. The Morgan fingerprint density at radius 2 is 1.97 bits per heavy atom. The summed E-state index contributed by atoms with van der Waals surface area (Å²) in [4.78, 5) is 17.5. The minimum Gasteiger partial charge on any atom is -0.497 e. The van der Waals surface area contributed by atoms with Gasteiger partial charge in [-0.25, -0.2) is 4.52 Å².